The molecule has 62 valence electrons. The highest BCUT2D eigenvalue weighted by Crippen LogP contribution is 1.92. The summed E-state index contributed by atoms with van der Waals surface area (Å²) in [5.41, 5.74) is 0. The molecule has 1 rings (SSSR count). The van der Waals surface area contributed by atoms with Crippen molar-refractivity contribution < 1.29 is 0 Å². The van der Waals surface area contributed by atoms with Crippen LogP contribution in [0.5, 0.6) is 0 Å². The molecule has 0 aliphatic rings. The molecule has 0 bridgehead atoms. The van der Waals surface area contributed by atoms with Gasteiger partial charge < -0.3 is 5.32 Å². The van der Waals surface area contributed by atoms with Crippen molar-refractivity contribution in [1.82, 2.24) is 20.5 Å². The van der Waals surface area contributed by atoms with Crippen LogP contribution in [0.15, 0.2) is 0 Å². The van der Waals surface area contributed by atoms with Gasteiger partial charge in [0.15, 0.2) is 0 Å². The third-order valence-corrected chi connectivity index (χ3v) is 1.51. The van der Waals surface area contributed by atoms with E-state index in [1.165, 1.54) is 0 Å². The Hall–Kier alpha value is -0.900. The van der Waals surface area contributed by atoms with E-state index < -0.39 is 0 Å². The van der Waals surface area contributed by atoms with Crippen molar-refractivity contribution in [3.8, 4) is 0 Å². The molecule has 2 N–H and O–H groups in total. The van der Waals surface area contributed by atoms with Crippen LogP contribution >= 0.6 is 0 Å². The van der Waals surface area contributed by atoms with Crippen molar-refractivity contribution in [1.29, 1.82) is 0 Å². The minimum absolute atomic E-state index is 0.899. The van der Waals surface area contributed by atoms with Gasteiger partial charge in [0.2, 0.25) is 0 Å². The van der Waals surface area contributed by atoms with E-state index >= 15 is 0 Å². The van der Waals surface area contributed by atoms with Gasteiger partial charge in [-0.2, -0.15) is 5.10 Å². The largest absolute Gasteiger partial charge is 0.319 e. The van der Waals surface area contributed by atoms with Crippen LogP contribution in [-0.2, 0) is 12.8 Å². The van der Waals surface area contributed by atoms with Crippen molar-refractivity contribution in [3.63, 3.8) is 0 Å². The molecule has 4 heteroatoms. The minimum Gasteiger partial charge on any atom is -0.319 e. The molecule has 0 fully saturated rings. The average Bonchev–Trinajstić information content (AvgIpc) is 2.48. The normalized spacial score (nSPS) is 10.4. The minimum atomic E-state index is 0.899. The highest BCUT2D eigenvalue weighted by atomic mass is 15.2. The number of nitrogens with one attached hydrogen (secondary N) is 2. The molecular weight excluding hydrogens is 140 g/mol. The van der Waals surface area contributed by atoms with Gasteiger partial charge in [-0.25, -0.2) is 4.98 Å². The van der Waals surface area contributed by atoms with Gasteiger partial charge in [0.1, 0.15) is 11.6 Å². The van der Waals surface area contributed by atoms with Crippen LogP contribution < -0.4 is 5.32 Å². The fourth-order valence-electron chi connectivity index (χ4n) is 0.848. The number of hydrogen-bond donors (Lipinski definition) is 2. The van der Waals surface area contributed by atoms with Crippen LogP contribution in [0.2, 0.25) is 0 Å². The highest BCUT2D eigenvalue weighted by molar-refractivity contribution is 4.90. The van der Waals surface area contributed by atoms with E-state index in [-0.39, 0.29) is 0 Å². The van der Waals surface area contributed by atoms with Crippen LogP contribution in [0, 0.1) is 0 Å². The quantitative estimate of drug-likeness (QED) is 0.648. The van der Waals surface area contributed by atoms with E-state index in [0.717, 1.165) is 31.0 Å². The Morgan fingerprint density at radius 1 is 1.55 bits per heavy atom. The van der Waals surface area contributed by atoms with Crippen LogP contribution in [0.1, 0.15) is 18.6 Å². The Morgan fingerprint density at radius 3 is 2.91 bits per heavy atom. The molecule has 0 radical (unpaired) electrons. The molecule has 1 heterocycles. The van der Waals surface area contributed by atoms with Gasteiger partial charge in [0.05, 0.1) is 0 Å². The molecule has 0 unspecified atom stereocenters. The molecule has 0 saturated heterocycles. The Labute approximate surface area is 66.4 Å². The second-order valence-corrected chi connectivity index (χ2v) is 2.41. The van der Waals surface area contributed by atoms with Gasteiger partial charge in [-0.05, 0) is 7.05 Å². The molecule has 11 heavy (non-hydrogen) atoms. The predicted molar refractivity (Wildman–Crippen MR) is 43.4 cm³/mol. The van der Waals surface area contributed by atoms with Crippen molar-refractivity contribution in [2.75, 3.05) is 13.6 Å². The lowest BCUT2D eigenvalue weighted by molar-refractivity contribution is 0.758. The first-order chi connectivity index (χ1) is 5.36. The molecule has 0 aliphatic heterocycles. The Balaban J connectivity index is 2.44. The first kappa shape index (κ1) is 8.20. The van der Waals surface area contributed by atoms with Crippen LogP contribution in [-0.4, -0.2) is 28.8 Å². The first-order valence-electron chi connectivity index (χ1n) is 3.91. The molecular formula is C7H14N4. The number of H-pyrrole nitrogens is 1. The molecule has 0 saturated carbocycles. The number of hydrogen-bond acceptors (Lipinski definition) is 3. The Morgan fingerprint density at radius 2 is 2.36 bits per heavy atom. The van der Waals surface area contributed by atoms with E-state index in [4.69, 9.17) is 0 Å². The molecule has 0 aliphatic carbocycles. The maximum absolute atomic E-state index is 4.26. The van der Waals surface area contributed by atoms with E-state index in [1.807, 2.05) is 14.0 Å². The van der Waals surface area contributed by atoms with Gasteiger partial charge in [-0.15, -0.1) is 0 Å². The number of likely N-dealkylation sites (N-methyl/N-ethyl adjacent to an activating group) is 1. The van der Waals surface area contributed by atoms with E-state index in [0.29, 0.717) is 0 Å². The van der Waals surface area contributed by atoms with Crippen molar-refractivity contribution in [2.45, 2.75) is 19.8 Å². The van der Waals surface area contributed by atoms with E-state index in [1.54, 1.807) is 0 Å². The van der Waals surface area contributed by atoms with Crippen LogP contribution in [0.25, 0.3) is 0 Å². The topological polar surface area (TPSA) is 53.6 Å². The Bertz CT molecular complexity index is 206. The molecule has 1 aromatic heterocycles. The number of aromatic nitrogens is 3. The van der Waals surface area contributed by atoms with E-state index in [9.17, 15) is 0 Å². The SMILES string of the molecule is CCc1n[nH]c(CCNC)n1. The van der Waals surface area contributed by atoms with E-state index in [2.05, 4.69) is 20.5 Å². The van der Waals surface area contributed by atoms with Gasteiger partial charge in [-0.3, -0.25) is 5.10 Å². The monoisotopic (exact) mass is 154 g/mol. The predicted octanol–water partition coefficient (Wildman–Crippen LogP) is 0.129. The summed E-state index contributed by atoms with van der Waals surface area (Å²) in [6.45, 7) is 2.99. The van der Waals surface area contributed by atoms with Gasteiger partial charge in [0, 0.05) is 19.4 Å². The van der Waals surface area contributed by atoms with Crippen molar-refractivity contribution in [3.05, 3.63) is 11.6 Å². The zero-order valence-corrected chi connectivity index (χ0v) is 7.02. The summed E-state index contributed by atoms with van der Waals surface area (Å²) in [6, 6.07) is 0. The third-order valence-electron chi connectivity index (χ3n) is 1.51. The summed E-state index contributed by atoms with van der Waals surface area (Å²) in [5.74, 6) is 1.87. The lowest BCUT2D eigenvalue weighted by atomic mass is 10.4. The maximum atomic E-state index is 4.26. The lowest BCUT2D eigenvalue weighted by Crippen LogP contribution is -2.11. The summed E-state index contributed by atoms with van der Waals surface area (Å²) in [6.07, 6.45) is 1.82. The second-order valence-electron chi connectivity index (χ2n) is 2.41. The summed E-state index contributed by atoms with van der Waals surface area (Å²) < 4.78 is 0. The zero-order chi connectivity index (χ0) is 8.10. The number of nitrogens with zero attached hydrogens (tertiary/aromatic N) is 2. The van der Waals surface area contributed by atoms with Crippen molar-refractivity contribution in [2.24, 2.45) is 0 Å². The molecule has 0 atom stereocenters. The van der Waals surface area contributed by atoms with Crippen LogP contribution in [0.4, 0.5) is 0 Å². The standard InChI is InChI=1S/C7H14N4/c1-3-6-9-7(11-10-6)4-5-8-2/h8H,3-5H2,1-2H3,(H,9,10,11). The zero-order valence-electron chi connectivity index (χ0n) is 7.02. The van der Waals surface area contributed by atoms with Crippen LogP contribution in [0.3, 0.4) is 0 Å². The summed E-state index contributed by atoms with van der Waals surface area (Å²) >= 11 is 0. The summed E-state index contributed by atoms with van der Waals surface area (Å²) in [5, 5.41) is 9.97. The fraction of sp³-hybridized carbons (Fsp3) is 0.714. The second kappa shape index (κ2) is 4.08. The summed E-state index contributed by atoms with van der Waals surface area (Å²) in [7, 11) is 1.93. The first-order valence-corrected chi connectivity index (χ1v) is 3.91. The Kier molecular flexibility index (Phi) is 3.04. The molecule has 0 aromatic carbocycles. The maximum Gasteiger partial charge on any atom is 0.150 e. The molecule has 0 spiro atoms. The third kappa shape index (κ3) is 2.31. The van der Waals surface area contributed by atoms with Gasteiger partial charge in [0.25, 0.3) is 0 Å². The lowest BCUT2D eigenvalue weighted by Gasteiger charge is -1.92. The molecule has 4 nitrogen and oxygen atoms in total. The number of aryl methyl sites for hydroxylation is 1. The molecule has 0 amide bonds. The average molecular weight is 154 g/mol. The smallest absolute Gasteiger partial charge is 0.150 e. The number of rotatable bonds is 4. The van der Waals surface area contributed by atoms with Gasteiger partial charge in [-0.1, -0.05) is 6.92 Å². The van der Waals surface area contributed by atoms with Crippen molar-refractivity contribution >= 4 is 0 Å². The number of aromatic amines is 1. The highest BCUT2D eigenvalue weighted by Gasteiger charge is 1.98. The fourth-order valence-corrected chi connectivity index (χ4v) is 0.848. The molecule has 1 aromatic rings. The van der Waals surface area contributed by atoms with Gasteiger partial charge >= 0.3 is 0 Å². The summed E-state index contributed by atoms with van der Waals surface area (Å²) in [4.78, 5) is 4.26.